The molecule has 0 saturated heterocycles. The van der Waals surface area contributed by atoms with Crippen LogP contribution in [-0.4, -0.2) is 0 Å². The van der Waals surface area contributed by atoms with E-state index in [9.17, 15) is 4.39 Å². The number of benzene rings is 4. The largest absolute Gasteiger partial charge is 0.207 e. The highest BCUT2D eigenvalue weighted by molar-refractivity contribution is 5.85. The van der Waals surface area contributed by atoms with Crippen LogP contribution in [0.4, 0.5) is 8.78 Å². The molecule has 0 bridgehead atoms. The second kappa shape index (κ2) is 12.3. The monoisotopic (exact) mass is 466 g/mol. The van der Waals surface area contributed by atoms with Gasteiger partial charge in [0.2, 0.25) is 0 Å². The Morgan fingerprint density at radius 3 is 2.03 bits per heavy atom. The molecule has 0 spiro atoms. The Bertz CT molecular complexity index is 1310. The van der Waals surface area contributed by atoms with Crippen LogP contribution < -0.4 is 0 Å². The molecule has 2 heteroatoms. The number of hydrogen-bond donors (Lipinski definition) is 0. The van der Waals surface area contributed by atoms with Crippen LogP contribution >= 0.6 is 0 Å². The van der Waals surface area contributed by atoms with Crippen LogP contribution in [0.3, 0.4) is 0 Å². The van der Waals surface area contributed by atoms with Crippen molar-refractivity contribution in [2.24, 2.45) is 0 Å². The SMILES string of the molecule is CCCCCCCc1ccc(C#Cc2ccc3c(F)c(CCc4ccc(F)cc4)ccc3c2)cc1. The summed E-state index contributed by atoms with van der Waals surface area (Å²) in [7, 11) is 0. The van der Waals surface area contributed by atoms with Gasteiger partial charge in [-0.2, -0.15) is 0 Å². The molecule has 0 radical (unpaired) electrons. The molecule has 178 valence electrons. The van der Waals surface area contributed by atoms with E-state index in [1.807, 2.05) is 30.3 Å². The van der Waals surface area contributed by atoms with E-state index in [-0.39, 0.29) is 11.6 Å². The highest BCUT2D eigenvalue weighted by Gasteiger charge is 2.08. The second-order valence-electron chi connectivity index (χ2n) is 9.21. The molecule has 4 rings (SSSR count). The van der Waals surface area contributed by atoms with Crippen LogP contribution in [0.25, 0.3) is 10.8 Å². The lowest BCUT2D eigenvalue weighted by Crippen LogP contribution is -1.96. The molecule has 0 atom stereocenters. The Kier molecular flexibility index (Phi) is 8.68. The van der Waals surface area contributed by atoms with Crippen LogP contribution in [-0.2, 0) is 19.3 Å². The topological polar surface area (TPSA) is 0 Å². The van der Waals surface area contributed by atoms with Gasteiger partial charge in [0.1, 0.15) is 11.6 Å². The number of rotatable bonds is 9. The van der Waals surface area contributed by atoms with E-state index >= 15 is 4.39 Å². The standard InChI is InChI=1S/C33H32F2/c1-2-3-4-5-6-7-25-8-10-26(11-9-25)12-13-28-17-23-32-30(24-28)20-19-29(33(32)35)18-14-27-15-21-31(34)22-16-27/h8-11,15-17,19-24H,2-7,14,18H2,1H3. The molecule has 0 aliphatic rings. The van der Waals surface area contributed by atoms with E-state index in [2.05, 4.69) is 43.0 Å². The van der Waals surface area contributed by atoms with E-state index < -0.39 is 0 Å². The highest BCUT2D eigenvalue weighted by atomic mass is 19.1. The molecule has 35 heavy (non-hydrogen) atoms. The smallest absolute Gasteiger partial charge is 0.134 e. The van der Waals surface area contributed by atoms with Gasteiger partial charge >= 0.3 is 0 Å². The van der Waals surface area contributed by atoms with Crippen LogP contribution in [0.1, 0.15) is 66.8 Å². The van der Waals surface area contributed by atoms with Crippen LogP contribution in [0.2, 0.25) is 0 Å². The molecule has 4 aromatic carbocycles. The number of aryl methyl sites for hydroxylation is 3. The van der Waals surface area contributed by atoms with Gasteiger partial charge in [-0.3, -0.25) is 0 Å². The Hall–Kier alpha value is -3.44. The van der Waals surface area contributed by atoms with E-state index in [4.69, 9.17) is 0 Å². The lowest BCUT2D eigenvalue weighted by molar-refractivity contribution is 0.619. The first kappa shape index (κ1) is 24.7. The maximum absolute atomic E-state index is 15.1. The number of unbranched alkanes of at least 4 members (excludes halogenated alkanes) is 4. The molecule has 0 saturated carbocycles. The van der Waals surface area contributed by atoms with Gasteiger partial charge in [-0.15, -0.1) is 0 Å². The molecule has 4 aromatic rings. The van der Waals surface area contributed by atoms with Crippen molar-refractivity contribution in [3.63, 3.8) is 0 Å². The molecule has 0 unspecified atom stereocenters. The van der Waals surface area contributed by atoms with Crippen LogP contribution in [0, 0.1) is 23.5 Å². The Morgan fingerprint density at radius 2 is 1.26 bits per heavy atom. The molecular formula is C33H32F2. The van der Waals surface area contributed by atoms with Crippen molar-refractivity contribution < 1.29 is 8.78 Å². The molecule has 0 aliphatic heterocycles. The lowest BCUT2D eigenvalue weighted by Gasteiger charge is -2.08. The van der Waals surface area contributed by atoms with Crippen molar-refractivity contribution >= 4 is 10.8 Å². The average Bonchev–Trinajstić information content (AvgIpc) is 2.88. The Balaban J connectivity index is 1.39. The third kappa shape index (κ3) is 7.03. The van der Waals surface area contributed by atoms with Gasteiger partial charge < -0.3 is 0 Å². The van der Waals surface area contributed by atoms with Crippen molar-refractivity contribution in [2.75, 3.05) is 0 Å². The fourth-order valence-electron chi connectivity index (χ4n) is 4.37. The van der Waals surface area contributed by atoms with Gasteiger partial charge in [-0.05, 0) is 84.2 Å². The molecule has 0 fully saturated rings. The first-order valence-corrected chi connectivity index (χ1v) is 12.7. The molecule has 0 aliphatic carbocycles. The molecule has 0 nitrogen and oxygen atoms in total. The summed E-state index contributed by atoms with van der Waals surface area (Å²) in [5, 5.41) is 1.45. The van der Waals surface area contributed by atoms with E-state index in [0.717, 1.165) is 28.5 Å². The molecule has 0 amide bonds. The molecule has 0 heterocycles. The Morgan fingerprint density at radius 1 is 0.600 bits per heavy atom. The summed E-state index contributed by atoms with van der Waals surface area (Å²) >= 11 is 0. The summed E-state index contributed by atoms with van der Waals surface area (Å²) in [6.07, 6.45) is 8.84. The molecular weight excluding hydrogens is 434 g/mol. The minimum absolute atomic E-state index is 0.186. The van der Waals surface area contributed by atoms with Crippen molar-refractivity contribution in [3.05, 3.63) is 118 Å². The van der Waals surface area contributed by atoms with Gasteiger partial charge in [-0.1, -0.05) is 86.9 Å². The van der Waals surface area contributed by atoms with Gasteiger partial charge in [0.05, 0.1) is 0 Å². The minimum atomic E-state index is -0.255. The maximum atomic E-state index is 15.1. The van der Waals surface area contributed by atoms with E-state index in [1.165, 1.54) is 49.8 Å². The minimum Gasteiger partial charge on any atom is -0.207 e. The van der Waals surface area contributed by atoms with Crippen molar-refractivity contribution in [1.29, 1.82) is 0 Å². The van der Waals surface area contributed by atoms with Crippen molar-refractivity contribution in [1.82, 2.24) is 0 Å². The molecule has 0 aromatic heterocycles. The fourth-order valence-corrected chi connectivity index (χ4v) is 4.37. The van der Waals surface area contributed by atoms with E-state index in [1.54, 1.807) is 12.1 Å². The Labute approximate surface area is 208 Å². The lowest BCUT2D eigenvalue weighted by atomic mass is 9.99. The normalized spacial score (nSPS) is 10.8. The van der Waals surface area contributed by atoms with Crippen LogP contribution in [0.5, 0.6) is 0 Å². The fraction of sp³-hybridized carbons (Fsp3) is 0.273. The summed E-state index contributed by atoms with van der Waals surface area (Å²) in [4.78, 5) is 0. The zero-order valence-electron chi connectivity index (χ0n) is 20.4. The summed E-state index contributed by atoms with van der Waals surface area (Å²) in [5.74, 6) is 6.02. The summed E-state index contributed by atoms with van der Waals surface area (Å²) in [6, 6.07) is 24.4. The first-order valence-electron chi connectivity index (χ1n) is 12.7. The number of fused-ring (bicyclic) bond motifs is 1. The van der Waals surface area contributed by atoms with Gasteiger partial charge in [-0.25, -0.2) is 8.78 Å². The number of halogens is 2. The summed E-state index contributed by atoms with van der Waals surface area (Å²) in [6.45, 7) is 2.24. The van der Waals surface area contributed by atoms with Crippen molar-refractivity contribution in [3.8, 4) is 11.8 Å². The first-order chi connectivity index (χ1) is 17.1. The van der Waals surface area contributed by atoms with Gasteiger partial charge in [0, 0.05) is 16.5 Å². The van der Waals surface area contributed by atoms with Gasteiger partial charge in [0.25, 0.3) is 0 Å². The second-order valence-corrected chi connectivity index (χ2v) is 9.21. The zero-order chi connectivity index (χ0) is 24.5. The summed E-state index contributed by atoms with van der Waals surface area (Å²) in [5.41, 5.74) is 4.89. The quantitative estimate of drug-likeness (QED) is 0.171. The van der Waals surface area contributed by atoms with Gasteiger partial charge in [0.15, 0.2) is 0 Å². The predicted octanol–water partition coefficient (Wildman–Crippen LogP) is 8.82. The third-order valence-corrected chi connectivity index (χ3v) is 6.50. The van der Waals surface area contributed by atoms with Crippen molar-refractivity contribution in [2.45, 2.75) is 58.3 Å². The predicted molar refractivity (Wildman–Crippen MR) is 143 cm³/mol. The van der Waals surface area contributed by atoms with E-state index in [0.29, 0.717) is 23.8 Å². The summed E-state index contributed by atoms with van der Waals surface area (Å²) < 4.78 is 28.2. The zero-order valence-corrected chi connectivity index (χ0v) is 20.4. The highest BCUT2D eigenvalue weighted by Crippen LogP contribution is 2.24. The third-order valence-electron chi connectivity index (χ3n) is 6.50. The number of hydrogen-bond acceptors (Lipinski definition) is 0. The maximum Gasteiger partial charge on any atom is 0.134 e. The van der Waals surface area contributed by atoms with Crippen LogP contribution in [0.15, 0.2) is 78.9 Å². The average molecular weight is 467 g/mol. The molecule has 0 N–H and O–H groups in total.